The lowest BCUT2D eigenvalue weighted by atomic mass is 9.63. The van der Waals surface area contributed by atoms with Crippen molar-refractivity contribution >= 4 is 17.8 Å². The average Bonchev–Trinajstić information content (AvgIpc) is 3.76. The number of rotatable bonds is 8. The van der Waals surface area contributed by atoms with Crippen molar-refractivity contribution in [1.82, 2.24) is 4.90 Å². The fourth-order valence-corrected chi connectivity index (χ4v) is 6.93. The van der Waals surface area contributed by atoms with Crippen LogP contribution in [0.25, 0.3) is 0 Å². The zero-order valence-corrected chi connectivity index (χ0v) is 21.4. The van der Waals surface area contributed by atoms with Gasteiger partial charge in [0.2, 0.25) is 11.8 Å². The van der Waals surface area contributed by atoms with Crippen LogP contribution in [0.4, 0.5) is 0 Å². The van der Waals surface area contributed by atoms with Gasteiger partial charge in [0, 0.05) is 6.42 Å². The Labute approximate surface area is 227 Å². The number of nitrogens with zero attached hydrogens (tertiary/aromatic N) is 1. The van der Waals surface area contributed by atoms with E-state index in [0.717, 1.165) is 17.5 Å². The van der Waals surface area contributed by atoms with Gasteiger partial charge >= 0.3 is 5.97 Å². The van der Waals surface area contributed by atoms with E-state index in [-0.39, 0.29) is 41.9 Å². The highest BCUT2D eigenvalue weighted by atomic mass is 16.5. The Morgan fingerprint density at radius 3 is 1.87 bits per heavy atom. The van der Waals surface area contributed by atoms with Gasteiger partial charge in [0.05, 0.1) is 11.8 Å². The van der Waals surface area contributed by atoms with Crippen molar-refractivity contribution in [3.63, 3.8) is 0 Å². The van der Waals surface area contributed by atoms with Gasteiger partial charge in [0.1, 0.15) is 24.1 Å². The average molecular weight is 520 g/mol. The van der Waals surface area contributed by atoms with E-state index in [1.54, 1.807) is 24.3 Å². The van der Waals surface area contributed by atoms with Gasteiger partial charge in [-0.25, -0.2) is 4.79 Å². The molecule has 0 aromatic heterocycles. The lowest BCUT2D eigenvalue weighted by Gasteiger charge is -2.37. The van der Waals surface area contributed by atoms with Crippen molar-refractivity contribution in [2.75, 3.05) is 0 Å². The Morgan fingerprint density at radius 2 is 1.28 bits per heavy atom. The quantitative estimate of drug-likeness (QED) is 0.184. The zero-order chi connectivity index (χ0) is 26.5. The third-order valence-electron chi connectivity index (χ3n) is 8.84. The topological polar surface area (TPSA) is 72.9 Å². The van der Waals surface area contributed by atoms with Crippen LogP contribution in [0, 0.1) is 35.5 Å². The van der Waals surface area contributed by atoms with Crippen LogP contribution in [0.3, 0.4) is 0 Å². The highest BCUT2D eigenvalue weighted by Crippen LogP contribution is 2.65. The van der Waals surface area contributed by atoms with Gasteiger partial charge in [-0.2, -0.15) is 0 Å². The van der Waals surface area contributed by atoms with Gasteiger partial charge in [-0.15, -0.1) is 0 Å². The molecule has 2 saturated carbocycles. The van der Waals surface area contributed by atoms with Crippen LogP contribution in [-0.4, -0.2) is 28.7 Å². The summed E-state index contributed by atoms with van der Waals surface area (Å²) in [4.78, 5) is 42.4. The van der Waals surface area contributed by atoms with Crippen molar-refractivity contribution < 1.29 is 23.9 Å². The van der Waals surface area contributed by atoms with Crippen molar-refractivity contribution in [3.05, 3.63) is 108 Å². The van der Waals surface area contributed by atoms with E-state index < -0.39 is 12.0 Å². The first-order chi connectivity index (χ1) is 19.1. The number of hydrogen-bond donors (Lipinski definition) is 0. The second-order valence-corrected chi connectivity index (χ2v) is 11.1. The molecule has 0 spiro atoms. The van der Waals surface area contributed by atoms with E-state index in [1.165, 1.54) is 4.90 Å². The maximum Gasteiger partial charge on any atom is 0.335 e. The molecule has 3 aromatic rings. The molecule has 3 aromatic carbocycles. The first-order valence-corrected chi connectivity index (χ1v) is 13.7. The summed E-state index contributed by atoms with van der Waals surface area (Å²) < 4.78 is 11.6. The van der Waals surface area contributed by atoms with Crippen molar-refractivity contribution in [1.29, 1.82) is 0 Å². The fourth-order valence-electron chi connectivity index (χ4n) is 6.93. The summed E-state index contributed by atoms with van der Waals surface area (Å²) >= 11 is 0. The lowest BCUT2D eigenvalue weighted by Crippen LogP contribution is -2.48. The van der Waals surface area contributed by atoms with Crippen molar-refractivity contribution in [3.8, 4) is 11.5 Å². The first kappa shape index (κ1) is 23.9. The molecule has 3 fully saturated rings. The molecule has 7 atom stereocenters. The van der Waals surface area contributed by atoms with Crippen LogP contribution < -0.4 is 9.47 Å². The largest absolute Gasteiger partial charge is 0.489 e. The third kappa shape index (κ3) is 4.24. The second kappa shape index (κ2) is 9.53. The molecular formula is C33H29NO5. The molecule has 39 heavy (non-hydrogen) atoms. The second-order valence-electron chi connectivity index (χ2n) is 11.1. The monoisotopic (exact) mass is 519 g/mol. The number of carbonyl (C=O) groups excluding carboxylic acids is 3. The number of allylic oxidation sites excluding steroid dienone is 2. The molecule has 196 valence electrons. The molecule has 2 amide bonds. The van der Waals surface area contributed by atoms with Crippen molar-refractivity contribution in [2.24, 2.45) is 35.5 Å². The Bertz CT molecular complexity index is 1400. The minimum atomic E-state index is -1.03. The molecular weight excluding hydrogens is 490 g/mol. The first-order valence-electron chi connectivity index (χ1n) is 13.7. The summed E-state index contributed by atoms with van der Waals surface area (Å²) in [5.41, 5.74) is 1.92. The van der Waals surface area contributed by atoms with Crippen LogP contribution in [0.15, 0.2) is 97.1 Å². The standard InChI is InChI=1S/C33H29NO5/c35-31-29-24-15-16-25(27-18-26(24)27)30(29)32(36)34(31)28(17-20-7-3-1-4-8-20)33(37)39-23-13-11-22(12-14-23)38-19-21-9-5-2-6-10-21/h1-16,24-30H,17-19H2/t24-,25-,26-,27-,28-,29+,30+/m0/s1. The summed E-state index contributed by atoms with van der Waals surface area (Å²) in [6.45, 7) is 0.430. The molecule has 4 aliphatic carbocycles. The van der Waals surface area contributed by atoms with Crippen LogP contribution in [-0.2, 0) is 27.4 Å². The van der Waals surface area contributed by atoms with Crippen LogP contribution in [0.2, 0.25) is 0 Å². The number of hydrogen-bond acceptors (Lipinski definition) is 5. The summed E-state index contributed by atoms with van der Waals surface area (Å²) in [6, 6.07) is 25.1. The van der Waals surface area contributed by atoms with Gasteiger partial charge in [0.25, 0.3) is 0 Å². The molecule has 1 aliphatic heterocycles. The summed E-state index contributed by atoms with van der Waals surface area (Å²) in [5, 5.41) is 0. The predicted octanol–water partition coefficient (Wildman–Crippen LogP) is 4.84. The minimum absolute atomic E-state index is 0.100. The maximum atomic E-state index is 13.8. The minimum Gasteiger partial charge on any atom is -0.489 e. The number of carbonyl (C=O) groups is 3. The predicted molar refractivity (Wildman–Crippen MR) is 143 cm³/mol. The number of imide groups is 1. The number of benzene rings is 3. The molecule has 0 N–H and O–H groups in total. The molecule has 2 bridgehead atoms. The van der Waals surface area contributed by atoms with Crippen LogP contribution in [0.5, 0.6) is 11.5 Å². The highest BCUT2D eigenvalue weighted by molar-refractivity contribution is 6.09. The van der Waals surface area contributed by atoms with Crippen molar-refractivity contribution in [2.45, 2.75) is 25.5 Å². The van der Waals surface area contributed by atoms with E-state index in [1.807, 2.05) is 60.7 Å². The Balaban J connectivity index is 1.10. The summed E-state index contributed by atoms with van der Waals surface area (Å²) in [5.74, 6) is 0.412. The maximum absolute atomic E-state index is 13.8. The number of likely N-dealkylation sites (tertiary alicyclic amines) is 1. The van der Waals surface area contributed by atoms with E-state index in [0.29, 0.717) is 29.9 Å². The zero-order valence-electron chi connectivity index (χ0n) is 21.4. The molecule has 0 radical (unpaired) electrons. The Hall–Kier alpha value is -4.19. The van der Waals surface area contributed by atoms with Crippen LogP contribution >= 0.6 is 0 Å². The Morgan fingerprint density at radius 1 is 0.744 bits per heavy atom. The van der Waals surface area contributed by atoms with Gasteiger partial charge in [0.15, 0.2) is 0 Å². The van der Waals surface area contributed by atoms with E-state index in [2.05, 4.69) is 12.2 Å². The van der Waals surface area contributed by atoms with E-state index >= 15 is 0 Å². The van der Waals surface area contributed by atoms with Crippen LogP contribution in [0.1, 0.15) is 17.5 Å². The molecule has 1 saturated heterocycles. The summed E-state index contributed by atoms with van der Waals surface area (Å²) in [7, 11) is 0. The molecule has 0 unspecified atom stereocenters. The normalized spacial score (nSPS) is 28.6. The molecule has 6 heteroatoms. The Kier molecular flexibility index (Phi) is 5.84. The molecule has 5 aliphatic rings. The highest BCUT2D eigenvalue weighted by Gasteiger charge is 2.68. The molecule has 1 heterocycles. The van der Waals surface area contributed by atoms with Gasteiger partial charge in [-0.3, -0.25) is 14.5 Å². The lowest BCUT2D eigenvalue weighted by molar-refractivity contribution is -0.153. The summed E-state index contributed by atoms with van der Waals surface area (Å²) in [6.07, 6.45) is 5.59. The number of ether oxygens (including phenoxy) is 2. The number of amides is 2. The smallest absolute Gasteiger partial charge is 0.335 e. The van der Waals surface area contributed by atoms with Gasteiger partial charge in [-0.05, 0) is 65.5 Å². The van der Waals surface area contributed by atoms with E-state index in [4.69, 9.17) is 9.47 Å². The van der Waals surface area contributed by atoms with Gasteiger partial charge in [-0.1, -0.05) is 72.8 Å². The van der Waals surface area contributed by atoms with Gasteiger partial charge < -0.3 is 9.47 Å². The van der Waals surface area contributed by atoms with E-state index in [9.17, 15) is 14.4 Å². The molecule has 6 nitrogen and oxygen atoms in total. The SMILES string of the molecule is O=C(Oc1ccc(OCc2ccccc2)cc1)[C@H](Cc1ccccc1)N1C(=O)[C@@H]2[C@H]3C=C[C@@H]([C@@H]4C[C@@H]34)[C@H]2C1=O. The fraction of sp³-hybridized carbons (Fsp3) is 0.303. The third-order valence-corrected chi connectivity index (χ3v) is 8.84. The molecule has 8 rings (SSSR count). The number of esters is 1.